The van der Waals surface area contributed by atoms with E-state index in [9.17, 15) is 4.79 Å². The van der Waals surface area contributed by atoms with Crippen LogP contribution in [-0.2, 0) is 4.74 Å². The number of urea groups is 1. The summed E-state index contributed by atoms with van der Waals surface area (Å²) in [5.74, 6) is 0. The number of ether oxygens (including phenoxy) is 1. The van der Waals surface area contributed by atoms with Crippen molar-refractivity contribution in [3.05, 3.63) is 30.1 Å². The Kier molecular flexibility index (Phi) is 4.52. The number of rotatable bonds is 4. The van der Waals surface area contributed by atoms with E-state index in [0.717, 1.165) is 25.0 Å². The van der Waals surface area contributed by atoms with Gasteiger partial charge in [0.2, 0.25) is 0 Å². The smallest absolute Gasteiger partial charge is 0.315 e. The van der Waals surface area contributed by atoms with Crippen LogP contribution in [0.5, 0.6) is 0 Å². The molecule has 0 spiro atoms. The van der Waals surface area contributed by atoms with Gasteiger partial charge < -0.3 is 15.4 Å². The first-order chi connectivity index (χ1) is 8.75. The maximum absolute atomic E-state index is 11.7. The second kappa shape index (κ2) is 6.35. The quantitative estimate of drug-likeness (QED) is 0.852. The van der Waals surface area contributed by atoms with Crippen LogP contribution in [0.1, 0.15) is 31.4 Å². The first-order valence-corrected chi connectivity index (χ1v) is 6.31. The Labute approximate surface area is 107 Å². The topological polar surface area (TPSA) is 63.2 Å². The summed E-state index contributed by atoms with van der Waals surface area (Å²) in [5.41, 5.74) is 0.991. The van der Waals surface area contributed by atoms with Crippen LogP contribution in [-0.4, -0.2) is 30.3 Å². The summed E-state index contributed by atoms with van der Waals surface area (Å²) in [6.07, 6.45) is 5.75. The van der Waals surface area contributed by atoms with Crippen LogP contribution < -0.4 is 10.6 Å². The molecule has 0 aliphatic carbocycles. The average Bonchev–Trinajstić information content (AvgIpc) is 2.90. The zero-order valence-corrected chi connectivity index (χ0v) is 10.6. The largest absolute Gasteiger partial charge is 0.376 e. The van der Waals surface area contributed by atoms with Crippen molar-refractivity contribution in [1.82, 2.24) is 15.6 Å². The van der Waals surface area contributed by atoms with Gasteiger partial charge in [0.25, 0.3) is 0 Å². The lowest BCUT2D eigenvalue weighted by Crippen LogP contribution is -2.40. The SMILES string of the molecule is C[C@H](NC(=O)NC[C@@H]1CCCO1)c1cccnc1. The second-order valence-electron chi connectivity index (χ2n) is 4.50. The summed E-state index contributed by atoms with van der Waals surface area (Å²) in [6.45, 7) is 3.31. The van der Waals surface area contributed by atoms with Crippen LogP contribution >= 0.6 is 0 Å². The predicted molar refractivity (Wildman–Crippen MR) is 68.2 cm³/mol. The highest BCUT2D eigenvalue weighted by molar-refractivity contribution is 5.74. The molecule has 0 aromatic carbocycles. The van der Waals surface area contributed by atoms with Crippen molar-refractivity contribution in [2.24, 2.45) is 0 Å². The van der Waals surface area contributed by atoms with Gasteiger partial charge in [0.05, 0.1) is 12.1 Å². The van der Waals surface area contributed by atoms with Gasteiger partial charge in [-0.15, -0.1) is 0 Å². The molecule has 5 nitrogen and oxygen atoms in total. The first-order valence-electron chi connectivity index (χ1n) is 6.31. The third kappa shape index (κ3) is 3.70. The van der Waals surface area contributed by atoms with Crippen LogP contribution in [0.4, 0.5) is 4.79 Å². The monoisotopic (exact) mass is 249 g/mol. The van der Waals surface area contributed by atoms with Gasteiger partial charge in [-0.3, -0.25) is 4.98 Å². The molecule has 5 heteroatoms. The number of hydrogen-bond donors (Lipinski definition) is 2. The van der Waals surface area contributed by atoms with E-state index in [0.29, 0.717) is 6.54 Å². The summed E-state index contributed by atoms with van der Waals surface area (Å²) >= 11 is 0. The van der Waals surface area contributed by atoms with Gasteiger partial charge in [0.15, 0.2) is 0 Å². The molecule has 1 fully saturated rings. The molecule has 1 aliphatic rings. The van der Waals surface area contributed by atoms with Crippen LogP contribution in [0.2, 0.25) is 0 Å². The molecule has 0 radical (unpaired) electrons. The van der Waals surface area contributed by atoms with Crippen LogP contribution in [0, 0.1) is 0 Å². The molecule has 0 saturated carbocycles. The lowest BCUT2D eigenvalue weighted by molar-refractivity contribution is 0.111. The highest BCUT2D eigenvalue weighted by Crippen LogP contribution is 2.11. The average molecular weight is 249 g/mol. The Morgan fingerprint density at radius 3 is 3.22 bits per heavy atom. The number of carbonyl (C=O) groups is 1. The molecule has 2 rings (SSSR count). The fraction of sp³-hybridized carbons (Fsp3) is 0.538. The number of pyridine rings is 1. The van der Waals surface area contributed by atoms with Gasteiger partial charge in [-0.05, 0) is 31.4 Å². The Hall–Kier alpha value is -1.62. The van der Waals surface area contributed by atoms with Crippen molar-refractivity contribution in [3.8, 4) is 0 Å². The van der Waals surface area contributed by atoms with E-state index in [1.165, 1.54) is 0 Å². The molecular weight excluding hydrogens is 230 g/mol. The molecule has 2 amide bonds. The lowest BCUT2D eigenvalue weighted by Gasteiger charge is -2.16. The Balaban J connectivity index is 1.73. The van der Waals surface area contributed by atoms with Crippen molar-refractivity contribution in [1.29, 1.82) is 0 Å². The van der Waals surface area contributed by atoms with Gasteiger partial charge in [0.1, 0.15) is 0 Å². The fourth-order valence-corrected chi connectivity index (χ4v) is 1.97. The number of nitrogens with zero attached hydrogens (tertiary/aromatic N) is 1. The Bertz CT molecular complexity index is 377. The number of aromatic nitrogens is 1. The summed E-state index contributed by atoms with van der Waals surface area (Å²) in [7, 11) is 0. The molecule has 2 atom stereocenters. The molecule has 2 N–H and O–H groups in total. The minimum absolute atomic E-state index is 0.0526. The van der Waals surface area contributed by atoms with Gasteiger partial charge in [-0.1, -0.05) is 6.07 Å². The maximum Gasteiger partial charge on any atom is 0.315 e. The summed E-state index contributed by atoms with van der Waals surface area (Å²) in [6, 6.07) is 3.58. The third-order valence-electron chi connectivity index (χ3n) is 3.05. The molecular formula is C13H19N3O2. The molecule has 1 aromatic rings. The van der Waals surface area contributed by atoms with Crippen LogP contribution in [0.15, 0.2) is 24.5 Å². The zero-order chi connectivity index (χ0) is 12.8. The molecule has 1 aliphatic heterocycles. The highest BCUT2D eigenvalue weighted by Gasteiger charge is 2.16. The molecule has 1 saturated heterocycles. The summed E-state index contributed by atoms with van der Waals surface area (Å²) in [5, 5.41) is 5.70. The number of hydrogen-bond acceptors (Lipinski definition) is 3. The third-order valence-corrected chi connectivity index (χ3v) is 3.05. The van der Waals surface area contributed by atoms with Gasteiger partial charge in [0, 0.05) is 25.5 Å². The molecule has 0 bridgehead atoms. The van der Waals surface area contributed by atoms with E-state index in [1.54, 1.807) is 12.4 Å². The number of amides is 2. The molecule has 1 aromatic heterocycles. The zero-order valence-electron chi connectivity index (χ0n) is 10.6. The van der Waals surface area contributed by atoms with E-state index >= 15 is 0 Å². The van der Waals surface area contributed by atoms with E-state index < -0.39 is 0 Å². The van der Waals surface area contributed by atoms with Crippen molar-refractivity contribution < 1.29 is 9.53 Å². The van der Waals surface area contributed by atoms with Gasteiger partial charge in [-0.2, -0.15) is 0 Å². The standard InChI is InChI=1S/C13H19N3O2/c1-10(11-4-2-6-14-8-11)16-13(17)15-9-12-5-3-7-18-12/h2,4,6,8,10,12H,3,5,7,9H2,1H3,(H2,15,16,17)/t10-,12-/m0/s1. The van der Waals surface area contributed by atoms with E-state index in [-0.39, 0.29) is 18.2 Å². The van der Waals surface area contributed by atoms with Crippen molar-refractivity contribution in [2.75, 3.05) is 13.2 Å². The Morgan fingerprint density at radius 1 is 1.67 bits per heavy atom. The van der Waals surface area contributed by atoms with Gasteiger partial charge >= 0.3 is 6.03 Å². The fourth-order valence-electron chi connectivity index (χ4n) is 1.97. The second-order valence-corrected chi connectivity index (χ2v) is 4.50. The maximum atomic E-state index is 11.7. The molecule has 18 heavy (non-hydrogen) atoms. The first kappa shape index (κ1) is 12.8. The summed E-state index contributed by atoms with van der Waals surface area (Å²) in [4.78, 5) is 15.7. The normalized spacial score (nSPS) is 20.4. The predicted octanol–water partition coefficient (Wildman–Crippen LogP) is 1.62. The van der Waals surface area contributed by atoms with E-state index in [4.69, 9.17) is 4.74 Å². The van der Waals surface area contributed by atoms with Crippen molar-refractivity contribution >= 4 is 6.03 Å². The minimum atomic E-state index is -0.165. The number of nitrogens with one attached hydrogen (secondary N) is 2. The molecule has 2 heterocycles. The van der Waals surface area contributed by atoms with E-state index in [1.807, 2.05) is 19.1 Å². The van der Waals surface area contributed by atoms with Crippen molar-refractivity contribution in [3.63, 3.8) is 0 Å². The van der Waals surface area contributed by atoms with Crippen molar-refractivity contribution in [2.45, 2.75) is 31.9 Å². The van der Waals surface area contributed by atoms with Crippen LogP contribution in [0.25, 0.3) is 0 Å². The molecule has 0 unspecified atom stereocenters. The van der Waals surface area contributed by atoms with Crippen LogP contribution in [0.3, 0.4) is 0 Å². The molecule has 98 valence electrons. The summed E-state index contributed by atoms with van der Waals surface area (Å²) < 4.78 is 5.44. The Morgan fingerprint density at radius 2 is 2.56 bits per heavy atom. The van der Waals surface area contributed by atoms with Gasteiger partial charge in [-0.25, -0.2) is 4.79 Å². The lowest BCUT2D eigenvalue weighted by atomic mass is 10.1. The number of carbonyl (C=O) groups excluding carboxylic acids is 1. The van der Waals surface area contributed by atoms with E-state index in [2.05, 4.69) is 15.6 Å². The highest BCUT2D eigenvalue weighted by atomic mass is 16.5. The minimum Gasteiger partial charge on any atom is -0.376 e.